The molecule has 0 fully saturated rings. The molecule has 1 atom stereocenters. The summed E-state index contributed by atoms with van der Waals surface area (Å²) in [5, 5.41) is 25.0. The van der Waals surface area contributed by atoms with E-state index in [0.29, 0.717) is 13.2 Å². The Labute approximate surface area is 137 Å². The monoisotopic (exact) mass is 329 g/mol. The first-order valence-electron chi connectivity index (χ1n) is 7.44. The molecule has 1 N–H and O–H groups in total. The van der Waals surface area contributed by atoms with E-state index >= 15 is 0 Å². The molecule has 1 aliphatic heterocycles. The molecular formula is C16H15N3O5. The Hall–Kier alpha value is -3.16. The highest BCUT2D eigenvalue weighted by molar-refractivity contribution is 5.65. The summed E-state index contributed by atoms with van der Waals surface area (Å²) >= 11 is 0. The summed E-state index contributed by atoms with van der Waals surface area (Å²) in [7, 11) is 0. The first-order chi connectivity index (χ1) is 11.6. The average molecular weight is 329 g/mol. The molecule has 8 heteroatoms. The number of non-ortho nitro benzene ring substituents is 1. The van der Waals surface area contributed by atoms with Crippen molar-refractivity contribution < 1.29 is 14.6 Å². The number of para-hydroxylation sites is 1. The minimum Gasteiger partial charge on any atom is -0.493 e. The lowest BCUT2D eigenvalue weighted by Crippen LogP contribution is -2.21. The fourth-order valence-electron chi connectivity index (χ4n) is 2.80. The fraction of sp³-hybridized carbons (Fsp3) is 0.250. The van der Waals surface area contributed by atoms with Gasteiger partial charge in [-0.3, -0.25) is 20.2 Å². The number of ether oxygens (including phenoxy) is 1. The maximum atomic E-state index is 11.2. The zero-order chi connectivity index (χ0) is 17.1. The summed E-state index contributed by atoms with van der Waals surface area (Å²) in [6.45, 7) is 1.07. The molecule has 1 heterocycles. The largest absolute Gasteiger partial charge is 0.493 e. The number of rotatable bonds is 5. The zero-order valence-electron chi connectivity index (χ0n) is 12.7. The van der Waals surface area contributed by atoms with Crippen molar-refractivity contribution in [3.8, 4) is 5.75 Å². The Balaban J connectivity index is 1.80. The Morgan fingerprint density at radius 2 is 1.92 bits per heavy atom. The van der Waals surface area contributed by atoms with Crippen LogP contribution in [-0.2, 0) is 0 Å². The van der Waals surface area contributed by atoms with Gasteiger partial charge in [-0.1, -0.05) is 18.2 Å². The average Bonchev–Trinajstić information content (AvgIpc) is 2.59. The van der Waals surface area contributed by atoms with Crippen LogP contribution >= 0.6 is 0 Å². The summed E-state index contributed by atoms with van der Waals surface area (Å²) in [6, 6.07) is 11.3. The standard InChI is InChI=1S/C16H15N3O5/c20-18(21)12-5-6-14(15(9-12)19(22)23)17-10-11-7-8-24-16-4-2-1-3-13(11)16/h1-6,9,11,17H,7-8,10H2. The molecule has 3 rings (SSSR count). The van der Waals surface area contributed by atoms with Crippen LogP contribution in [0.15, 0.2) is 42.5 Å². The zero-order valence-corrected chi connectivity index (χ0v) is 12.7. The first kappa shape index (κ1) is 15.7. The van der Waals surface area contributed by atoms with Gasteiger partial charge in [0.1, 0.15) is 11.4 Å². The molecule has 24 heavy (non-hydrogen) atoms. The number of anilines is 1. The molecule has 0 saturated carbocycles. The Bertz CT molecular complexity index is 793. The summed E-state index contributed by atoms with van der Waals surface area (Å²) < 4.78 is 5.60. The van der Waals surface area contributed by atoms with Crippen molar-refractivity contribution in [1.82, 2.24) is 0 Å². The third-order valence-electron chi connectivity index (χ3n) is 4.01. The molecule has 0 saturated heterocycles. The van der Waals surface area contributed by atoms with Crippen LogP contribution in [-0.4, -0.2) is 23.0 Å². The number of hydrogen-bond donors (Lipinski definition) is 1. The van der Waals surface area contributed by atoms with Crippen molar-refractivity contribution >= 4 is 17.1 Å². The smallest absolute Gasteiger partial charge is 0.299 e. The molecule has 1 unspecified atom stereocenters. The lowest BCUT2D eigenvalue weighted by atomic mass is 9.93. The summed E-state index contributed by atoms with van der Waals surface area (Å²) in [5.41, 5.74) is 0.726. The van der Waals surface area contributed by atoms with Gasteiger partial charge >= 0.3 is 0 Å². The van der Waals surface area contributed by atoms with Crippen LogP contribution in [0, 0.1) is 20.2 Å². The molecule has 0 amide bonds. The molecule has 2 aromatic carbocycles. The van der Waals surface area contributed by atoms with Crippen molar-refractivity contribution in [2.24, 2.45) is 0 Å². The molecular weight excluding hydrogens is 314 g/mol. The van der Waals surface area contributed by atoms with Gasteiger partial charge in [0.25, 0.3) is 11.4 Å². The SMILES string of the molecule is O=[N+]([O-])c1ccc(NCC2CCOc3ccccc32)c([N+](=O)[O-])c1. The predicted molar refractivity (Wildman–Crippen MR) is 87.5 cm³/mol. The van der Waals surface area contributed by atoms with Gasteiger partial charge in [-0.15, -0.1) is 0 Å². The van der Waals surface area contributed by atoms with E-state index in [1.807, 2.05) is 24.3 Å². The molecule has 0 radical (unpaired) electrons. The third-order valence-corrected chi connectivity index (χ3v) is 4.01. The number of nitrogens with one attached hydrogen (secondary N) is 1. The van der Waals surface area contributed by atoms with E-state index in [0.717, 1.165) is 23.8 Å². The Morgan fingerprint density at radius 3 is 2.67 bits per heavy atom. The van der Waals surface area contributed by atoms with Gasteiger partial charge in [0, 0.05) is 18.5 Å². The van der Waals surface area contributed by atoms with E-state index in [2.05, 4.69) is 5.32 Å². The van der Waals surface area contributed by atoms with Crippen molar-refractivity contribution in [3.05, 3.63) is 68.3 Å². The van der Waals surface area contributed by atoms with E-state index in [4.69, 9.17) is 4.74 Å². The number of nitro benzene ring substituents is 2. The van der Waals surface area contributed by atoms with Crippen LogP contribution in [0.1, 0.15) is 17.9 Å². The van der Waals surface area contributed by atoms with Gasteiger partial charge in [-0.05, 0) is 24.1 Å². The highest BCUT2D eigenvalue weighted by Gasteiger charge is 2.23. The molecule has 0 aromatic heterocycles. The Kier molecular flexibility index (Phi) is 4.28. The second-order valence-electron chi connectivity index (χ2n) is 5.47. The molecule has 1 aliphatic rings. The van der Waals surface area contributed by atoms with Crippen LogP contribution < -0.4 is 10.1 Å². The van der Waals surface area contributed by atoms with E-state index in [9.17, 15) is 20.2 Å². The maximum Gasteiger partial charge on any atom is 0.299 e. The van der Waals surface area contributed by atoms with Crippen molar-refractivity contribution in [3.63, 3.8) is 0 Å². The molecule has 124 valence electrons. The van der Waals surface area contributed by atoms with Crippen LogP contribution in [0.2, 0.25) is 0 Å². The number of benzene rings is 2. The highest BCUT2D eigenvalue weighted by atomic mass is 16.6. The number of nitrogens with zero attached hydrogens (tertiary/aromatic N) is 2. The number of fused-ring (bicyclic) bond motifs is 1. The minimum absolute atomic E-state index is 0.157. The van der Waals surface area contributed by atoms with Gasteiger partial charge in [-0.2, -0.15) is 0 Å². The summed E-state index contributed by atoms with van der Waals surface area (Å²) in [4.78, 5) is 20.7. The summed E-state index contributed by atoms with van der Waals surface area (Å²) in [6.07, 6.45) is 0.796. The van der Waals surface area contributed by atoms with Gasteiger partial charge in [0.15, 0.2) is 0 Å². The molecule has 2 aromatic rings. The molecule has 0 aliphatic carbocycles. The second-order valence-corrected chi connectivity index (χ2v) is 5.47. The van der Waals surface area contributed by atoms with Crippen molar-refractivity contribution in [1.29, 1.82) is 0 Å². The molecule has 0 spiro atoms. The molecule has 0 bridgehead atoms. The maximum absolute atomic E-state index is 11.2. The van der Waals surface area contributed by atoms with Gasteiger partial charge in [0.2, 0.25) is 0 Å². The number of hydrogen-bond acceptors (Lipinski definition) is 6. The van der Waals surface area contributed by atoms with Gasteiger partial charge < -0.3 is 10.1 Å². The van der Waals surface area contributed by atoms with Crippen molar-refractivity contribution in [2.75, 3.05) is 18.5 Å². The Morgan fingerprint density at radius 1 is 1.12 bits per heavy atom. The van der Waals surface area contributed by atoms with Crippen LogP contribution in [0.3, 0.4) is 0 Å². The quantitative estimate of drug-likeness (QED) is 0.664. The van der Waals surface area contributed by atoms with E-state index in [-0.39, 0.29) is 23.0 Å². The highest BCUT2D eigenvalue weighted by Crippen LogP contribution is 2.35. The lowest BCUT2D eigenvalue weighted by Gasteiger charge is -2.26. The number of nitro groups is 2. The predicted octanol–water partition coefficient (Wildman–Crippen LogP) is 3.48. The van der Waals surface area contributed by atoms with Crippen LogP contribution in [0.5, 0.6) is 5.75 Å². The first-order valence-corrected chi connectivity index (χ1v) is 7.44. The molecule has 8 nitrogen and oxygen atoms in total. The van der Waals surface area contributed by atoms with Crippen LogP contribution in [0.4, 0.5) is 17.1 Å². The fourth-order valence-corrected chi connectivity index (χ4v) is 2.80. The van der Waals surface area contributed by atoms with Gasteiger partial charge in [-0.25, -0.2) is 0 Å². The van der Waals surface area contributed by atoms with E-state index in [1.54, 1.807) is 0 Å². The third kappa shape index (κ3) is 3.12. The summed E-state index contributed by atoms with van der Waals surface area (Å²) in [5.74, 6) is 0.985. The van der Waals surface area contributed by atoms with Gasteiger partial charge in [0.05, 0.1) is 22.5 Å². The van der Waals surface area contributed by atoms with E-state index < -0.39 is 9.85 Å². The topological polar surface area (TPSA) is 108 Å². The second kappa shape index (κ2) is 6.53. The normalized spacial score (nSPS) is 15.9. The lowest BCUT2D eigenvalue weighted by molar-refractivity contribution is -0.393. The minimum atomic E-state index is -0.647. The van der Waals surface area contributed by atoms with E-state index in [1.165, 1.54) is 12.1 Å². The van der Waals surface area contributed by atoms with Crippen molar-refractivity contribution in [2.45, 2.75) is 12.3 Å². The van der Waals surface area contributed by atoms with Crippen LogP contribution in [0.25, 0.3) is 0 Å².